The first-order valence-electron chi connectivity index (χ1n) is 12.5. The van der Waals surface area contributed by atoms with Crippen molar-refractivity contribution in [3.05, 3.63) is 119 Å². The molecule has 7 nitrogen and oxygen atoms in total. The van der Waals surface area contributed by atoms with Gasteiger partial charge in [0.1, 0.15) is 5.15 Å². The van der Waals surface area contributed by atoms with E-state index in [0.717, 1.165) is 34.4 Å². The molecular weight excluding hydrogens is 498 g/mol. The van der Waals surface area contributed by atoms with Crippen molar-refractivity contribution in [2.75, 3.05) is 11.9 Å². The molecule has 3 N–H and O–H groups in total. The maximum atomic E-state index is 13.7. The van der Waals surface area contributed by atoms with E-state index in [2.05, 4.69) is 28.2 Å². The summed E-state index contributed by atoms with van der Waals surface area (Å²) in [5.74, 6) is -0.324. The SMILES string of the molecule is NC(=O)N1CCc2c(c(C(=O)Nc3ccc4c(ccn4Cc4ccccc4)c3)c(Cl)n2-c2ccccc2)C1. The topological polar surface area (TPSA) is 85.3 Å². The fourth-order valence-electron chi connectivity index (χ4n) is 5.23. The fraction of sp³-hybridized carbons (Fsp3) is 0.133. The number of rotatable bonds is 5. The van der Waals surface area contributed by atoms with Crippen LogP contribution in [-0.4, -0.2) is 32.5 Å². The lowest BCUT2D eigenvalue weighted by Gasteiger charge is -2.27. The highest BCUT2D eigenvalue weighted by atomic mass is 35.5. The van der Waals surface area contributed by atoms with E-state index in [1.54, 1.807) is 0 Å². The molecule has 2 aromatic heterocycles. The second-order valence-corrected chi connectivity index (χ2v) is 9.79. The number of para-hydroxylation sites is 1. The van der Waals surface area contributed by atoms with Crippen molar-refractivity contribution in [2.24, 2.45) is 5.73 Å². The summed E-state index contributed by atoms with van der Waals surface area (Å²) in [6, 6.07) is 27.3. The van der Waals surface area contributed by atoms with E-state index in [0.29, 0.717) is 29.4 Å². The Labute approximate surface area is 225 Å². The van der Waals surface area contributed by atoms with Crippen molar-refractivity contribution in [1.29, 1.82) is 0 Å². The quantitative estimate of drug-likeness (QED) is 0.304. The number of hydrogen-bond acceptors (Lipinski definition) is 2. The molecule has 0 fully saturated rings. The Balaban J connectivity index is 1.33. The van der Waals surface area contributed by atoms with Gasteiger partial charge < -0.3 is 25.1 Å². The van der Waals surface area contributed by atoms with Crippen molar-refractivity contribution in [1.82, 2.24) is 14.0 Å². The van der Waals surface area contributed by atoms with Gasteiger partial charge in [-0.2, -0.15) is 0 Å². The van der Waals surface area contributed by atoms with Gasteiger partial charge in [0, 0.05) is 59.2 Å². The average Bonchev–Trinajstić information content (AvgIpc) is 3.46. The number of carbonyl (C=O) groups excluding carboxylic acids is 2. The van der Waals surface area contributed by atoms with Gasteiger partial charge in [0.15, 0.2) is 0 Å². The van der Waals surface area contributed by atoms with Gasteiger partial charge in [-0.1, -0.05) is 60.1 Å². The zero-order chi connectivity index (χ0) is 26.2. The van der Waals surface area contributed by atoms with E-state index in [-0.39, 0.29) is 12.5 Å². The van der Waals surface area contributed by atoms with Crippen LogP contribution in [0.2, 0.25) is 5.15 Å². The lowest BCUT2D eigenvalue weighted by molar-refractivity contribution is 0.102. The van der Waals surface area contributed by atoms with Gasteiger partial charge in [-0.25, -0.2) is 4.79 Å². The molecule has 0 atom stereocenters. The van der Waals surface area contributed by atoms with Crippen molar-refractivity contribution < 1.29 is 9.59 Å². The Morgan fingerprint density at radius 3 is 2.42 bits per heavy atom. The molecule has 5 aromatic rings. The molecule has 0 aliphatic carbocycles. The highest BCUT2D eigenvalue weighted by Crippen LogP contribution is 2.35. The van der Waals surface area contributed by atoms with Gasteiger partial charge in [0.05, 0.1) is 12.1 Å². The molecule has 1 aliphatic rings. The number of amides is 3. The number of benzene rings is 3. The van der Waals surface area contributed by atoms with Crippen LogP contribution >= 0.6 is 11.6 Å². The van der Waals surface area contributed by atoms with E-state index in [1.165, 1.54) is 10.5 Å². The standard InChI is InChI=1S/C30H26ClN5O2/c31-28-27(24-19-35(30(32)38)16-14-26(24)36(28)23-9-5-2-6-10-23)29(37)33-22-11-12-25-21(17-22)13-15-34(25)18-20-7-3-1-4-8-20/h1-13,15,17H,14,16,18-19H2,(H2,32,38)(H,33,37). The van der Waals surface area contributed by atoms with Crippen LogP contribution < -0.4 is 11.1 Å². The lowest BCUT2D eigenvalue weighted by Crippen LogP contribution is -2.40. The van der Waals surface area contributed by atoms with Crippen LogP contribution in [0.3, 0.4) is 0 Å². The van der Waals surface area contributed by atoms with Crippen LogP contribution in [0.5, 0.6) is 0 Å². The number of hydrogen-bond donors (Lipinski definition) is 2. The summed E-state index contributed by atoms with van der Waals surface area (Å²) < 4.78 is 4.08. The molecule has 6 rings (SSSR count). The zero-order valence-electron chi connectivity index (χ0n) is 20.6. The Bertz CT molecular complexity index is 1660. The number of halogens is 1. The maximum absolute atomic E-state index is 13.7. The number of nitrogens with zero attached hydrogens (tertiary/aromatic N) is 3. The van der Waals surface area contributed by atoms with Gasteiger partial charge in [-0.15, -0.1) is 0 Å². The Morgan fingerprint density at radius 1 is 0.947 bits per heavy atom. The molecule has 8 heteroatoms. The summed E-state index contributed by atoms with van der Waals surface area (Å²) in [4.78, 5) is 27.1. The highest BCUT2D eigenvalue weighted by molar-refractivity contribution is 6.34. The van der Waals surface area contributed by atoms with Gasteiger partial charge in [-0.3, -0.25) is 4.79 Å². The summed E-state index contributed by atoms with van der Waals surface area (Å²) in [6.45, 7) is 1.46. The van der Waals surface area contributed by atoms with Crippen molar-refractivity contribution in [3.63, 3.8) is 0 Å². The largest absolute Gasteiger partial charge is 0.351 e. The molecule has 0 saturated carbocycles. The molecule has 0 saturated heterocycles. The Kier molecular flexibility index (Phi) is 6.13. The number of urea groups is 1. The van der Waals surface area contributed by atoms with Crippen LogP contribution in [0.25, 0.3) is 16.6 Å². The van der Waals surface area contributed by atoms with E-state index in [9.17, 15) is 9.59 Å². The molecule has 38 heavy (non-hydrogen) atoms. The predicted octanol–water partition coefficient (Wildman–Crippen LogP) is 5.82. The Hall–Kier alpha value is -4.49. The molecule has 3 aromatic carbocycles. The summed E-state index contributed by atoms with van der Waals surface area (Å²) >= 11 is 6.88. The second kappa shape index (κ2) is 9.76. The average molecular weight is 524 g/mol. The third-order valence-electron chi connectivity index (χ3n) is 7.07. The molecule has 3 heterocycles. The van der Waals surface area contributed by atoms with Gasteiger partial charge in [0.2, 0.25) is 0 Å². The number of nitrogens with one attached hydrogen (secondary N) is 1. The number of nitrogens with two attached hydrogens (primary N) is 1. The van der Waals surface area contributed by atoms with Crippen LogP contribution in [-0.2, 0) is 19.5 Å². The second-order valence-electron chi connectivity index (χ2n) is 9.43. The third kappa shape index (κ3) is 4.31. The first-order chi connectivity index (χ1) is 18.5. The fourth-order valence-corrected chi connectivity index (χ4v) is 5.63. The monoisotopic (exact) mass is 523 g/mol. The predicted molar refractivity (Wildman–Crippen MR) is 150 cm³/mol. The first kappa shape index (κ1) is 23.9. The van der Waals surface area contributed by atoms with Crippen LogP contribution in [0.4, 0.5) is 10.5 Å². The molecular formula is C30H26ClN5O2. The minimum Gasteiger partial charge on any atom is -0.351 e. The third-order valence-corrected chi connectivity index (χ3v) is 7.43. The summed E-state index contributed by atoms with van der Waals surface area (Å²) in [6.07, 6.45) is 2.59. The molecule has 1 aliphatic heterocycles. The summed E-state index contributed by atoms with van der Waals surface area (Å²) in [7, 11) is 0. The van der Waals surface area contributed by atoms with Crippen molar-refractivity contribution >= 4 is 40.1 Å². The van der Waals surface area contributed by atoms with Gasteiger partial charge >= 0.3 is 6.03 Å². The lowest BCUT2D eigenvalue weighted by atomic mass is 10.0. The van der Waals surface area contributed by atoms with Crippen LogP contribution in [0.15, 0.2) is 91.1 Å². The molecule has 0 radical (unpaired) electrons. The van der Waals surface area contributed by atoms with Crippen molar-refractivity contribution in [2.45, 2.75) is 19.5 Å². The Morgan fingerprint density at radius 2 is 1.68 bits per heavy atom. The van der Waals surface area contributed by atoms with E-state index >= 15 is 0 Å². The van der Waals surface area contributed by atoms with E-state index in [4.69, 9.17) is 17.3 Å². The summed E-state index contributed by atoms with van der Waals surface area (Å²) in [5, 5.41) is 4.37. The normalized spacial score (nSPS) is 12.9. The minimum absolute atomic E-state index is 0.231. The van der Waals surface area contributed by atoms with E-state index in [1.807, 2.05) is 77.4 Å². The number of aromatic nitrogens is 2. The molecule has 3 amide bonds. The molecule has 190 valence electrons. The number of anilines is 1. The smallest absolute Gasteiger partial charge is 0.315 e. The van der Waals surface area contributed by atoms with Gasteiger partial charge in [0.25, 0.3) is 5.91 Å². The highest BCUT2D eigenvalue weighted by Gasteiger charge is 2.32. The summed E-state index contributed by atoms with van der Waals surface area (Å²) in [5.41, 5.74) is 11.4. The molecule has 0 bridgehead atoms. The zero-order valence-corrected chi connectivity index (χ0v) is 21.4. The van der Waals surface area contributed by atoms with Gasteiger partial charge in [-0.05, 0) is 42.0 Å². The maximum Gasteiger partial charge on any atom is 0.315 e. The minimum atomic E-state index is -0.518. The van der Waals surface area contributed by atoms with Crippen molar-refractivity contribution in [3.8, 4) is 5.69 Å². The molecule has 0 unspecified atom stereocenters. The number of carbonyl (C=O) groups is 2. The molecule has 0 spiro atoms. The van der Waals surface area contributed by atoms with Crippen LogP contribution in [0, 0.1) is 0 Å². The van der Waals surface area contributed by atoms with Crippen LogP contribution in [0.1, 0.15) is 27.2 Å². The first-order valence-corrected chi connectivity index (χ1v) is 12.8. The van der Waals surface area contributed by atoms with E-state index < -0.39 is 6.03 Å². The number of primary amides is 1. The number of fused-ring (bicyclic) bond motifs is 2.